The number of benzene rings is 2. The first kappa shape index (κ1) is 18.6. The van der Waals surface area contributed by atoms with Gasteiger partial charge in [0.2, 0.25) is 0 Å². The molecule has 5 heteroatoms. The average Bonchev–Trinajstić information content (AvgIpc) is 2.60. The lowest BCUT2D eigenvalue weighted by atomic mass is 10.2. The van der Waals surface area contributed by atoms with Crippen LogP contribution in [0.25, 0.3) is 0 Å². The number of hydrogen-bond donors (Lipinski definition) is 1. The highest BCUT2D eigenvalue weighted by Crippen LogP contribution is 2.26. The molecule has 0 aliphatic heterocycles. The first-order chi connectivity index (χ1) is 12.0. The minimum absolute atomic E-state index is 0.138. The molecule has 0 aliphatic carbocycles. The number of hydrogen-bond acceptors (Lipinski definition) is 4. The van der Waals surface area contributed by atoms with E-state index in [0.717, 1.165) is 11.3 Å². The third-order valence-electron chi connectivity index (χ3n) is 3.50. The van der Waals surface area contributed by atoms with E-state index in [2.05, 4.69) is 5.32 Å². The van der Waals surface area contributed by atoms with Gasteiger partial charge in [-0.3, -0.25) is 4.79 Å². The van der Waals surface area contributed by atoms with Crippen LogP contribution in [0.5, 0.6) is 17.2 Å². The van der Waals surface area contributed by atoms with Crippen molar-refractivity contribution >= 4 is 5.91 Å². The van der Waals surface area contributed by atoms with E-state index in [9.17, 15) is 4.79 Å². The zero-order valence-corrected chi connectivity index (χ0v) is 15.1. The van der Waals surface area contributed by atoms with Crippen molar-refractivity contribution in [2.45, 2.75) is 39.5 Å². The lowest BCUT2D eigenvalue weighted by Gasteiger charge is -2.16. The Morgan fingerprint density at radius 3 is 2.20 bits per heavy atom. The Balaban J connectivity index is 1.86. The number of nitrogens with one attached hydrogen (secondary N) is 1. The van der Waals surface area contributed by atoms with Crippen LogP contribution in [0.3, 0.4) is 0 Å². The summed E-state index contributed by atoms with van der Waals surface area (Å²) in [7, 11) is 1.57. The molecule has 1 atom stereocenters. The summed E-state index contributed by atoms with van der Waals surface area (Å²) in [5.41, 5.74) is 0.994. The summed E-state index contributed by atoms with van der Waals surface area (Å²) >= 11 is 0. The monoisotopic (exact) mass is 343 g/mol. The number of carbonyl (C=O) groups excluding carboxylic acids is 1. The molecule has 0 radical (unpaired) electrons. The van der Waals surface area contributed by atoms with Gasteiger partial charge in [-0.25, -0.2) is 0 Å². The Bertz CT molecular complexity index is 682. The van der Waals surface area contributed by atoms with Gasteiger partial charge in [-0.1, -0.05) is 24.3 Å². The molecule has 2 aromatic rings. The molecule has 2 rings (SSSR count). The molecule has 0 heterocycles. The second-order valence-electron chi connectivity index (χ2n) is 5.94. The van der Waals surface area contributed by atoms with Gasteiger partial charge in [0.25, 0.3) is 5.91 Å². The van der Waals surface area contributed by atoms with E-state index in [4.69, 9.17) is 14.2 Å². The van der Waals surface area contributed by atoms with Gasteiger partial charge in [-0.05, 0) is 50.6 Å². The number of para-hydroxylation sites is 2. The highest BCUT2D eigenvalue weighted by Gasteiger charge is 2.16. The second kappa shape index (κ2) is 8.97. The van der Waals surface area contributed by atoms with Crippen molar-refractivity contribution in [1.82, 2.24) is 5.32 Å². The summed E-state index contributed by atoms with van der Waals surface area (Å²) < 4.78 is 16.5. The van der Waals surface area contributed by atoms with E-state index in [1.165, 1.54) is 0 Å². The Morgan fingerprint density at radius 1 is 0.960 bits per heavy atom. The fourth-order valence-corrected chi connectivity index (χ4v) is 2.25. The predicted octanol–water partition coefficient (Wildman–Crippen LogP) is 3.57. The summed E-state index contributed by atoms with van der Waals surface area (Å²) in [5, 5.41) is 2.87. The fraction of sp³-hybridized carbons (Fsp3) is 0.350. The topological polar surface area (TPSA) is 56.8 Å². The third kappa shape index (κ3) is 5.71. The summed E-state index contributed by atoms with van der Waals surface area (Å²) in [6.45, 7) is 6.11. The summed E-state index contributed by atoms with van der Waals surface area (Å²) in [5.74, 6) is 1.78. The molecule has 134 valence electrons. The zero-order chi connectivity index (χ0) is 18.2. The number of amides is 1. The first-order valence-corrected chi connectivity index (χ1v) is 8.32. The molecule has 0 saturated carbocycles. The van der Waals surface area contributed by atoms with Crippen LogP contribution in [-0.4, -0.2) is 25.2 Å². The Kier molecular flexibility index (Phi) is 6.69. The third-order valence-corrected chi connectivity index (χ3v) is 3.50. The van der Waals surface area contributed by atoms with Crippen LogP contribution in [-0.2, 0) is 11.3 Å². The number of rotatable bonds is 8. The van der Waals surface area contributed by atoms with Crippen LogP contribution in [0.2, 0.25) is 0 Å². The fourth-order valence-electron chi connectivity index (χ4n) is 2.25. The van der Waals surface area contributed by atoms with Crippen LogP contribution in [0.1, 0.15) is 26.3 Å². The Hall–Kier alpha value is -2.69. The van der Waals surface area contributed by atoms with E-state index in [-0.39, 0.29) is 12.0 Å². The van der Waals surface area contributed by atoms with Gasteiger partial charge in [0.05, 0.1) is 13.2 Å². The quantitative estimate of drug-likeness (QED) is 0.796. The molecule has 1 N–H and O–H groups in total. The SMILES string of the molecule is COc1ccccc1OC(C)C(=O)NCc1ccc(OC(C)C)cc1. The lowest BCUT2D eigenvalue weighted by molar-refractivity contribution is -0.127. The highest BCUT2D eigenvalue weighted by molar-refractivity contribution is 5.80. The van der Waals surface area contributed by atoms with Crippen molar-refractivity contribution in [3.05, 3.63) is 54.1 Å². The van der Waals surface area contributed by atoms with E-state index in [1.807, 2.05) is 50.2 Å². The molecule has 0 aliphatic rings. The van der Waals surface area contributed by atoms with Gasteiger partial charge in [0, 0.05) is 6.54 Å². The van der Waals surface area contributed by atoms with E-state index < -0.39 is 6.10 Å². The Labute approximate surface area is 148 Å². The molecule has 0 aromatic heterocycles. The molecule has 2 aromatic carbocycles. The van der Waals surface area contributed by atoms with Crippen molar-refractivity contribution in [2.24, 2.45) is 0 Å². The largest absolute Gasteiger partial charge is 0.493 e. The summed E-state index contributed by atoms with van der Waals surface area (Å²) in [6, 6.07) is 14.9. The van der Waals surface area contributed by atoms with Crippen LogP contribution in [0, 0.1) is 0 Å². The average molecular weight is 343 g/mol. The molecule has 0 saturated heterocycles. The van der Waals surface area contributed by atoms with Gasteiger partial charge in [0.1, 0.15) is 5.75 Å². The predicted molar refractivity (Wildman–Crippen MR) is 97.1 cm³/mol. The van der Waals surface area contributed by atoms with E-state index >= 15 is 0 Å². The molecule has 0 spiro atoms. The summed E-state index contributed by atoms with van der Waals surface area (Å²) in [4.78, 5) is 12.2. The molecule has 25 heavy (non-hydrogen) atoms. The van der Waals surface area contributed by atoms with Gasteiger partial charge in [-0.15, -0.1) is 0 Å². The van der Waals surface area contributed by atoms with Crippen molar-refractivity contribution in [1.29, 1.82) is 0 Å². The molecule has 1 amide bonds. The lowest BCUT2D eigenvalue weighted by Crippen LogP contribution is -2.35. The van der Waals surface area contributed by atoms with Crippen LogP contribution < -0.4 is 19.5 Å². The van der Waals surface area contributed by atoms with Crippen molar-refractivity contribution < 1.29 is 19.0 Å². The molecule has 0 bridgehead atoms. The van der Waals surface area contributed by atoms with Crippen LogP contribution in [0.15, 0.2) is 48.5 Å². The maximum Gasteiger partial charge on any atom is 0.261 e. The maximum atomic E-state index is 12.2. The highest BCUT2D eigenvalue weighted by atomic mass is 16.5. The molecular weight excluding hydrogens is 318 g/mol. The smallest absolute Gasteiger partial charge is 0.261 e. The van der Waals surface area contributed by atoms with Crippen molar-refractivity contribution in [2.75, 3.05) is 7.11 Å². The minimum Gasteiger partial charge on any atom is -0.493 e. The van der Waals surface area contributed by atoms with Gasteiger partial charge in [-0.2, -0.15) is 0 Å². The first-order valence-electron chi connectivity index (χ1n) is 8.32. The standard InChI is InChI=1S/C20H25NO4/c1-14(2)24-17-11-9-16(10-12-17)13-21-20(22)15(3)25-19-8-6-5-7-18(19)23-4/h5-12,14-15H,13H2,1-4H3,(H,21,22). The van der Waals surface area contributed by atoms with E-state index in [0.29, 0.717) is 18.0 Å². The maximum absolute atomic E-state index is 12.2. The molecule has 0 fully saturated rings. The summed E-state index contributed by atoms with van der Waals surface area (Å²) in [6.07, 6.45) is -0.488. The van der Waals surface area contributed by atoms with E-state index in [1.54, 1.807) is 26.2 Å². The molecule has 1 unspecified atom stereocenters. The number of ether oxygens (including phenoxy) is 3. The zero-order valence-electron chi connectivity index (χ0n) is 15.1. The minimum atomic E-state index is -0.625. The number of carbonyl (C=O) groups is 1. The molecular formula is C20H25NO4. The van der Waals surface area contributed by atoms with Crippen LogP contribution in [0.4, 0.5) is 0 Å². The number of methoxy groups -OCH3 is 1. The second-order valence-corrected chi connectivity index (χ2v) is 5.94. The van der Waals surface area contributed by atoms with Gasteiger partial charge < -0.3 is 19.5 Å². The van der Waals surface area contributed by atoms with Crippen molar-refractivity contribution in [3.63, 3.8) is 0 Å². The normalized spacial score (nSPS) is 11.7. The van der Waals surface area contributed by atoms with Gasteiger partial charge >= 0.3 is 0 Å². The van der Waals surface area contributed by atoms with Crippen LogP contribution >= 0.6 is 0 Å². The molecule has 5 nitrogen and oxygen atoms in total. The van der Waals surface area contributed by atoms with Crippen molar-refractivity contribution in [3.8, 4) is 17.2 Å². The van der Waals surface area contributed by atoms with Gasteiger partial charge in [0.15, 0.2) is 17.6 Å². The Morgan fingerprint density at radius 2 is 1.60 bits per heavy atom.